The maximum atomic E-state index is 13.1. The Hall–Kier alpha value is -3.46. The van der Waals surface area contributed by atoms with Crippen LogP contribution in [-0.2, 0) is 21.3 Å². The summed E-state index contributed by atoms with van der Waals surface area (Å²) in [6.07, 6.45) is -2.84. The number of rotatable bonds is 8. The van der Waals surface area contributed by atoms with Crippen LogP contribution in [0.4, 0.5) is 13.2 Å². The van der Waals surface area contributed by atoms with Crippen LogP contribution in [0.15, 0.2) is 48.5 Å². The highest BCUT2D eigenvalue weighted by Crippen LogP contribution is 2.45. The molecule has 0 unspecified atom stereocenters. The number of alkyl halides is 3. The molecule has 2 aliphatic rings. The van der Waals surface area contributed by atoms with Crippen molar-refractivity contribution in [1.29, 1.82) is 5.26 Å². The maximum Gasteiger partial charge on any atom is 0.416 e. The van der Waals surface area contributed by atoms with Crippen molar-refractivity contribution in [3.63, 3.8) is 0 Å². The fraction of sp³-hybridized carbons (Fsp3) is 0.483. The number of nitrogens with one attached hydrogen (secondary N) is 3. The van der Waals surface area contributed by atoms with Gasteiger partial charge in [-0.15, -0.1) is 0 Å². The lowest BCUT2D eigenvalue weighted by molar-refractivity contribution is -0.137. The minimum Gasteiger partial charge on any atom is -0.385 e. The van der Waals surface area contributed by atoms with Crippen LogP contribution in [0, 0.1) is 17.2 Å². The molecule has 1 aliphatic carbocycles. The smallest absolute Gasteiger partial charge is 0.385 e. The van der Waals surface area contributed by atoms with Gasteiger partial charge in [-0.3, -0.25) is 9.59 Å². The fourth-order valence-electron chi connectivity index (χ4n) is 5.91. The Kier molecular flexibility index (Phi) is 8.83. The molecule has 0 spiro atoms. The molecular formula is C29H33F3N4O4. The van der Waals surface area contributed by atoms with Gasteiger partial charge in [-0.05, 0) is 74.4 Å². The second kappa shape index (κ2) is 12.0. The first-order valence-electron chi connectivity index (χ1n) is 13.3. The highest BCUT2D eigenvalue weighted by atomic mass is 19.4. The first-order chi connectivity index (χ1) is 19.0. The Bertz CT molecular complexity index is 1250. The van der Waals surface area contributed by atoms with Gasteiger partial charge >= 0.3 is 6.18 Å². The number of nitrogens with zero attached hydrogens (tertiary/aromatic N) is 1. The first-order valence-corrected chi connectivity index (χ1v) is 13.3. The molecule has 4 rings (SSSR count). The third-order valence-electron chi connectivity index (χ3n) is 8.02. The standard InChI is InChI=1S/C29H33F3N4O4/c1-2-40-24-16-34-18-28(24,22-10-12-27(39,13-11-22)21-8-6-19(15-33)7-9-21)36-25(37)17-35-26(38)20-4-3-5-23(14-20)29(30,31)32/h3-9,14,22,24,34,39H,2,10-13,16-18H2,1H3,(H,35,38)(H,36,37)/t22?,24-,27?,28+/m0/s1. The molecule has 0 radical (unpaired) electrons. The number of aliphatic hydroxyl groups is 1. The van der Waals surface area contributed by atoms with Gasteiger partial charge in [-0.1, -0.05) is 18.2 Å². The normalized spacial score (nSPS) is 26.6. The monoisotopic (exact) mass is 558 g/mol. The number of hydrogen-bond acceptors (Lipinski definition) is 6. The van der Waals surface area contributed by atoms with Gasteiger partial charge in [0, 0.05) is 25.3 Å². The van der Waals surface area contributed by atoms with Gasteiger partial charge < -0.3 is 25.8 Å². The van der Waals surface area contributed by atoms with Gasteiger partial charge in [-0.2, -0.15) is 18.4 Å². The van der Waals surface area contributed by atoms with E-state index < -0.39 is 41.2 Å². The van der Waals surface area contributed by atoms with E-state index in [9.17, 15) is 27.9 Å². The number of carbonyl (C=O) groups excluding carboxylic acids is 2. The van der Waals surface area contributed by atoms with E-state index in [4.69, 9.17) is 10.00 Å². The van der Waals surface area contributed by atoms with Crippen LogP contribution in [0.1, 0.15) is 59.7 Å². The number of halogens is 3. The molecule has 2 atom stereocenters. The highest BCUT2D eigenvalue weighted by molar-refractivity contribution is 5.96. The Balaban J connectivity index is 1.44. The number of benzene rings is 2. The van der Waals surface area contributed by atoms with Crippen molar-refractivity contribution >= 4 is 11.8 Å². The van der Waals surface area contributed by atoms with Crippen LogP contribution < -0.4 is 16.0 Å². The van der Waals surface area contributed by atoms with Crippen molar-refractivity contribution in [2.24, 2.45) is 5.92 Å². The summed E-state index contributed by atoms with van der Waals surface area (Å²) in [5.41, 5.74) is -1.73. The first kappa shape index (κ1) is 29.5. The number of ether oxygens (including phenoxy) is 1. The molecule has 11 heteroatoms. The van der Waals surface area contributed by atoms with E-state index in [2.05, 4.69) is 22.0 Å². The predicted octanol–water partition coefficient (Wildman–Crippen LogP) is 3.25. The van der Waals surface area contributed by atoms with E-state index >= 15 is 0 Å². The Morgan fingerprint density at radius 3 is 2.50 bits per heavy atom. The van der Waals surface area contributed by atoms with E-state index in [1.54, 1.807) is 24.3 Å². The molecule has 4 N–H and O–H groups in total. The molecule has 8 nitrogen and oxygen atoms in total. The Labute approximate surface area is 230 Å². The largest absolute Gasteiger partial charge is 0.416 e. The summed E-state index contributed by atoms with van der Waals surface area (Å²) < 4.78 is 45.1. The van der Waals surface area contributed by atoms with Crippen LogP contribution in [-0.4, -0.2) is 54.8 Å². The van der Waals surface area contributed by atoms with Crippen molar-refractivity contribution < 1.29 is 32.6 Å². The van der Waals surface area contributed by atoms with Crippen LogP contribution in [0.2, 0.25) is 0 Å². The molecular weight excluding hydrogens is 525 g/mol. The molecule has 40 heavy (non-hydrogen) atoms. The van der Waals surface area contributed by atoms with Gasteiger partial charge in [0.1, 0.15) is 0 Å². The number of amides is 2. The minimum atomic E-state index is -4.59. The maximum absolute atomic E-state index is 13.1. The van der Waals surface area contributed by atoms with E-state index in [-0.39, 0.29) is 17.6 Å². The fourth-order valence-corrected chi connectivity index (χ4v) is 5.91. The molecule has 1 aliphatic heterocycles. The lowest BCUT2D eigenvalue weighted by Gasteiger charge is -2.47. The summed E-state index contributed by atoms with van der Waals surface area (Å²) in [5, 5.41) is 29.3. The number of carbonyl (C=O) groups is 2. The van der Waals surface area contributed by atoms with Crippen LogP contribution >= 0.6 is 0 Å². The summed E-state index contributed by atoms with van der Waals surface area (Å²) >= 11 is 0. The zero-order chi connectivity index (χ0) is 29.0. The summed E-state index contributed by atoms with van der Waals surface area (Å²) in [6.45, 7) is 2.83. The van der Waals surface area contributed by atoms with Crippen molar-refractivity contribution in [2.45, 2.75) is 56.0 Å². The second-order valence-corrected chi connectivity index (χ2v) is 10.4. The van der Waals surface area contributed by atoms with E-state index in [0.717, 1.165) is 23.8 Å². The van der Waals surface area contributed by atoms with E-state index in [1.807, 2.05) is 6.92 Å². The average Bonchev–Trinajstić information content (AvgIpc) is 3.34. The number of hydrogen-bond donors (Lipinski definition) is 4. The van der Waals surface area contributed by atoms with Gasteiger partial charge in [0.05, 0.1) is 41.0 Å². The number of nitriles is 1. The minimum absolute atomic E-state index is 0.0409. The Morgan fingerprint density at radius 1 is 1.18 bits per heavy atom. The van der Waals surface area contributed by atoms with Crippen LogP contribution in [0.3, 0.4) is 0 Å². The molecule has 2 amide bonds. The Morgan fingerprint density at radius 2 is 1.88 bits per heavy atom. The molecule has 1 saturated heterocycles. The van der Waals surface area contributed by atoms with Crippen LogP contribution in [0.25, 0.3) is 0 Å². The van der Waals surface area contributed by atoms with Crippen molar-refractivity contribution in [3.05, 3.63) is 70.8 Å². The molecule has 1 saturated carbocycles. The summed E-state index contributed by atoms with van der Waals surface area (Å²) in [4.78, 5) is 25.6. The third kappa shape index (κ3) is 6.30. The zero-order valence-electron chi connectivity index (χ0n) is 22.2. The van der Waals surface area contributed by atoms with E-state index in [1.165, 1.54) is 6.07 Å². The van der Waals surface area contributed by atoms with Gasteiger partial charge in [0.15, 0.2) is 0 Å². The lowest BCUT2D eigenvalue weighted by Crippen LogP contribution is -2.64. The van der Waals surface area contributed by atoms with Crippen molar-refractivity contribution in [1.82, 2.24) is 16.0 Å². The molecule has 0 bridgehead atoms. The zero-order valence-corrected chi connectivity index (χ0v) is 22.2. The topological polar surface area (TPSA) is 123 Å². The third-order valence-corrected chi connectivity index (χ3v) is 8.02. The summed E-state index contributed by atoms with van der Waals surface area (Å²) in [6, 6.07) is 13.0. The summed E-state index contributed by atoms with van der Waals surface area (Å²) in [7, 11) is 0. The molecule has 2 aromatic rings. The van der Waals surface area contributed by atoms with Gasteiger partial charge in [0.25, 0.3) is 5.91 Å². The van der Waals surface area contributed by atoms with Gasteiger partial charge in [0.2, 0.25) is 5.91 Å². The second-order valence-electron chi connectivity index (χ2n) is 10.4. The molecule has 2 aromatic carbocycles. The highest BCUT2D eigenvalue weighted by Gasteiger charge is 2.52. The molecule has 1 heterocycles. The van der Waals surface area contributed by atoms with Crippen molar-refractivity contribution in [2.75, 3.05) is 26.2 Å². The molecule has 0 aromatic heterocycles. The quantitative estimate of drug-likeness (QED) is 0.395. The average molecular weight is 559 g/mol. The SMILES string of the molecule is CCO[C@H]1CNC[C@@]1(NC(=O)CNC(=O)c1cccc(C(F)(F)F)c1)C1CCC(O)(c2ccc(C#N)cc2)CC1. The van der Waals surface area contributed by atoms with Crippen LogP contribution in [0.5, 0.6) is 0 Å². The molecule has 2 fully saturated rings. The lowest BCUT2D eigenvalue weighted by atomic mass is 9.67. The van der Waals surface area contributed by atoms with Gasteiger partial charge in [-0.25, -0.2) is 0 Å². The van der Waals surface area contributed by atoms with Crippen molar-refractivity contribution in [3.8, 4) is 6.07 Å². The molecule has 214 valence electrons. The predicted molar refractivity (Wildman–Crippen MR) is 140 cm³/mol. The summed E-state index contributed by atoms with van der Waals surface area (Å²) in [5.74, 6) is -1.31. The van der Waals surface area contributed by atoms with E-state index in [0.29, 0.717) is 50.9 Å².